The number of nitrogens with zero attached hydrogens (tertiary/aromatic N) is 4. The van der Waals surface area contributed by atoms with Gasteiger partial charge in [0, 0.05) is 26.4 Å². The van der Waals surface area contributed by atoms with Crippen LogP contribution in [0.3, 0.4) is 0 Å². The quantitative estimate of drug-likeness (QED) is 0.107. The fraction of sp³-hybridized carbons (Fsp3) is 0.592. The average Bonchev–Trinajstić information content (AvgIpc) is 3.56. The van der Waals surface area contributed by atoms with Crippen LogP contribution < -0.4 is 4.74 Å². The molecular weight excluding hydrogens is 817 g/mol. The Balaban J connectivity index is 1.47. The minimum Gasteiger partial charge on any atom is -0.493 e. The maximum atomic E-state index is 14.5. The second kappa shape index (κ2) is 20.0. The molecule has 2 saturated heterocycles. The van der Waals surface area contributed by atoms with Crippen molar-refractivity contribution >= 4 is 26.4 Å². The smallest absolute Gasteiger partial charge is 0.412 e. The Morgan fingerprint density at radius 1 is 0.698 bits per heavy atom. The molecule has 63 heavy (non-hydrogen) atoms. The molecule has 0 unspecified atom stereocenters. The Hall–Kier alpha value is -4.66. The number of carbonyl (C=O) groups excluding carboxylic acids is 3. The Labute approximate surface area is 376 Å². The minimum atomic E-state index is -1.56. The molecule has 0 N–H and O–H groups in total. The van der Waals surface area contributed by atoms with E-state index in [4.69, 9.17) is 28.4 Å². The monoisotopic (exact) mass is 889 g/mol. The van der Waals surface area contributed by atoms with Gasteiger partial charge in [0.05, 0.1) is 50.6 Å². The van der Waals surface area contributed by atoms with Crippen LogP contribution in [0.5, 0.6) is 5.75 Å². The van der Waals surface area contributed by atoms with E-state index in [1.54, 1.807) is 20.9 Å². The van der Waals surface area contributed by atoms with E-state index in [2.05, 4.69) is 24.6 Å². The van der Waals surface area contributed by atoms with Crippen LogP contribution in [0.15, 0.2) is 79.0 Å². The SMILES string of the molecule is CC(C)(C)OC(=O)N1[C@@H](Cc2ccccc2)[C@@H](CN(C[C@H]2OC(C)(C)N(C(=O)OC(C)(C)C)[C@H]2Cc2ccc(OCCc3ccccn3)cc2)C(=O)OCC[Si](C)(C)C)OC1(C)C. The number of hydrogen-bond acceptors (Lipinski definition) is 10. The van der Waals surface area contributed by atoms with Crippen molar-refractivity contribution in [1.82, 2.24) is 19.7 Å². The van der Waals surface area contributed by atoms with Crippen molar-refractivity contribution in [3.63, 3.8) is 0 Å². The van der Waals surface area contributed by atoms with Crippen molar-refractivity contribution in [2.24, 2.45) is 0 Å². The Morgan fingerprint density at radius 3 is 1.65 bits per heavy atom. The summed E-state index contributed by atoms with van der Waals surface area (Å²) >= 11 is 0. The molecular formula is C49H72N4O9Si. The van der Waals surface area contributed by atoms with Crippen LogP contribution in [0.1, 0.15) is 86.1 Å². The van der Waals surface area contributed by atoms with Crippen LogP contribution in [0, 0.1) is 0 Å². The molecule has 3 heterocycles. The summed E-state index contributed by atoms with van der Waals surface area (Å²) in [5, 5.41) is 0. The van der Waals surface area contributed by atoms with Crippen molar-refractivity contribution in [3.8, 4) is 5.75 Å². The lowest BCUT2D eigenvalue weighted by Gasteiger charge is -2.36. The highest BCUT2D eigenvalue weighted by Gasteiger charge is 2.54. The number of amides is 3. The van der Waals surface area contributed by atoms with Gasteiger partial charge in [-0.05, 0) is 124 Å². The molecule has 1 aromatic heterocycles. The Kier molecular flexibility index (Phi) is 15.7. The van der Waals surface area contributed by atoms with Gasteiger partial charge < -0.3 is 33.3 Å². The predicted octanol–water partition coefficient (Wildman–Crippen LogP) is 9.75. The normalized spacial score (nSPS) is 20.9. The summed E-state index contributed by atoms with van der Waals surface area (Å²) in [5.41, 5.74) is -0.788. The second-order valence-electron chi connectivity index (χ2n) is 20.8. The van der Waals surface area contributed by atoms with Crippen molar-refractivity contribution in [3.05, 3.63) is 95.8 Å². The van der Waals surface area contributed by atoms with Crippen LogP contribution in [-0.4, -0.2) is 119 Å². The number of carbonyl (C=O) groups is 3. The van der Waals surface area contributed by atoms with Gasteiger partial charge in [0.1, 0.15) is 28.4 Å². The highest BCUT2D eigenvalue weighted by molar-refractivity contribution is 6.76. The van der Waals surface area contributed by atoms with Gasteiger partial charge in [-0.2, -0.15) is 0 Å². The van der Waals surface area contributed by atoms with E-state index in [1.807, 2.05) is 142 Å². The van der Waals surface area contributed by atoms with E-state index in [1.165, 1.54) is 0 Å². The van der Waals surface area contributed by atoms with E-state index in [0.29, 0.717) is 25.9 Å². The standard InChI is InChI=1S/C49H72N4O9Si/c1-46(2,3)61-44(55)52-39(31-35-19-15-14-16-20-35)41(59-48(52,7)8)33-51(43(54)58-29-30-63(11,12)13)34-42-40(53(49(9,10)60-42)45(56)62-47(4,5)6)32-36-22-24-38(25-23-36)57-28-26-37-21-17-18-27-50-37/h14-25,27,39-42H,26,28-34H2,1-13H3/t39-,40-,41+,42+/m0/s1. The van der Waals surface area contributed by atoms with E-state index in [-0.39, 0.29) is 19.7 Å². The molecule has 4 atom stereocenters. The summed E-state index contributed by atoms with van der Waals surface area (Å²) in [7, 11) is -1.56. The molecule has 0 aliphatic carbocycles. The number of aromatic nitrogens is 1. The molecule has 2 aliphatic heterocycles. The number of pyridine rings is 1. The van der Waals surface area contributed by atoms with Crippen LogP contribution in [0.25, 0.3) is 0 Å². The van der Waals surface area contributed by atoms with Gasteiger partial charge in [0.15, 0.2) is 0 Å². The molecule has 3 aromatic rings. The summed E-state index contributed by atoms with van der Waals surface area (Å²) < 4.78 is 37.6. The number of hydrogen-bond donors (Lipinski definition) is 0. The van der Waals surface area contributed by atoms with Gasteiger partial charge in [0.2, 0.25) is 0 Å². The average molecular weight is 889 g/mol. The molecule has 5 rings (SSSR count). The molecule has 3 amide bonds. The zero-order valence-corrected chi connectivity index (χ0v) is 40.9. The van der Waals surface area contributed by atoms with Gasteiger partial charge >= 0.3 is 18.3 Å². The molecule has 0 radical (unpaired) electrons. The van der Waals surface area contributed by atoms with E-state index >= 15 is 0 Å². The number of rotatable bonds is 15. The van der Waals surface area contributed by atoms with Gasteiger partial charge in [-0.3, -0.25) is 14.8 Å². The topological polar surface area (TPSA) is 129 Å². The first kappa shape index (κ1) is 49.4. The third-order valence-corrected chi connectivity index (χ3v) is 12.6. The Bertz CT molecular complexity index is 1960. The minimum absolute atomic E-state index is 0.0681. The summed E-state index contributed by atoms with van der Waals surface area (Å²) in [6, 6.07) is 23.3. The lowest BCUT2D eigenvalue weighted by Crippen LogP contribution is -2.53. The lowest BCUT2D eigenvalue weighted by atomic mass is 9.98. The number of benzene rings is 2. The molecule has 2 aliphatic rings. The highest BCUT2D eigenvalue weighted by Crippen LogP contribution is 2.39. The fourth-order valence-corrected chi connectivity index (χ4v) is 8.79. The van der Waals surface area contributed by atoms with Crippen molar-refractivity contribution in [2.75, 3.05) is 26.3 Å². The highest BCUT2D eigenvalue weighted by atomic mass is 28.3. The maximum absolute atomic E-state index is 14.5. The van der Waals surface area contributed by atoms with Gasteiger partial charge in [-0.15, -0.1) is 0 Å². The first-order chi connectivity index (χ1) is 29.3. The summed E-state index contributed by atoms with van der Waals surface area (Å²) in [4.78, 5) is 52.0. The zero-order chi connectivity index (χ0) is 46.4. The lowest BCUT2D eigenvalue weighted by molar-refractivity contribution is -0.0905. The summed E-state index contributed by atoms with van der Waals surface area (Å²) in [6.07, 6.45) is 0.451. The predicted molar refractivity (Wildman–Crippen MR) is 246 cm³/mol. The third-order valence-electron chi connectivity index (χ3n) is 10.9. The second-order valence-corrected chi connectivity index (χ2v) is 26.5. The van der Waals surface area contributed by atoms with Crippen molar-refractivity contribution in [2.45, 2.75) is 161 Å². The maximum Gasteiger partial charge on any atom is 0.412 e. The zero-order valence-electron chi connectivity index (χ0n) is 39.9. The molecule has 0 saturated carbocycles. The first-order valence-corrected chi connectivity index (χ1v) is 26.0. The van der Waals surface area contributed by atoms with Gasteiger partial charge in [-0.25, -0.2) is 14.4 Å². The van der Waals surface area contributed by atoms with Crippen LogP contribution >= 0.6 is 0 Å². The molecule has 13 nitrogen and oxygen atoms in total. The van der Waals surface area contributed by atoms with Gasteiger partial charge in [0.25, 0.3) is 0 Å². The molecule has 0 spiro atoms. The fourth-order valence-electron chi connectivity index (χ4n) is 8.07. The number of ether oxygens (including phenoxy) is 6. The van der Waals surface area contributed by atoms with Gasteiger partial charge in [-0.1, -0.05) is 68.2 Å². The molecule has 0 bridgehead atoms. The first-order valence-electron chi connectivity index (χ1n) is 22.3. The van der Waals surface area contributed by atoms with Crippen LogP contribution in [0.4, 0.5) is 14.4 Å². The van der Waals surface area contributed by atoms with Crippen LogP contribution in [0.2, 0.25) is 25.7 Å². The van der Waals surface area contributed by atoms with E-state index in [9.17, 15) is 14.4 Å². The van der Waals surface area contributed by atoms with E-state index in [0.717, 1.165) is 28.6 Å². The molecule has 14 heteroatoms. The third kappa shape index (κ3) is 14.4. The molecule has 2 fully saturated rings. The largest absolute Gasteiger partial charge is 0.493 e. The van der Waals surface area contributed by atoms with Crippen molar-refractivity contribution in [1.29, 1.82) is 0 Å². The van der Waals surface area contributed by atoms with Crippen LogP contribution in [-0.2, 0) is 42.9 Å². The Morgan fingerprint density at radius 2 is 1.19 bits per heavy atom. The molecule has 2 aromatic carbocycles. The summed E-state index contributed by atoms with van der Waals surface area (Å²) in [5.74, 6) is 0.718. The summed E-state index contributed by atoms with van der Waals surface area (Å²) in [6.45, 7) is 26.0. The van der Waals surface area contributed by atoms with E-state index < -0.39 is 73.3 Å². The van der Waals surface area contributed by atoms with Crippen molar-refractivity contribution < 1.29 is 42.8 Å². The molecule has 346 valence electrons.